The summed E-state index contributed by atoms with van der Waals surface area (Å²) in [5.41, 5.74) is 0. The maximum atomic E-state index is 12.2. The molecule has 0 unspecified atom stereocenters. The molecule has 0 amide bonds. The van der Waals surface area contributed by atoms with E-state index in [-0.39, 0.29) is 6.04 Å². The van der Waals surface area contributed by atoms with E-state index in [9.17, 15) is 13.2 Å². The Kier molecular flexibility index (Phi) is 6.38. The largest absolute Gasteiger partial charge is 0.480 e. The molecule has 1 rings (SSSR count). The summed E-state index contributed by atoms with van der Waals surface area (Å²) in [4.78, 5) is 14.8. The van der Waals surface area contributed by atoms with E-state index in [4.69, 9.17) is 5.11 Å². The molecular weight excluding hydrogens is 282 g/mol. The Balaban J connectivity index is 2.81. The Morgan fingerprint density at radius 3 is 2.25 bits per heavy atom. The summed E-state index contributed by atoms with van der Waals surface area (Å²) in [6.07, 6.45) is 1.51. The average molecular weight is 307 g/mol. The number of nitrogens with zero attached hydrogens (tertiary/aromatic N) is 3. The van der Waals surface area contributed by atoms with E-state index in [2.05, 4.69) is 4.90 Å². The smallest absolute Gasteiger partial charge is 0.320 e. The van der Waals surface area contributed by atoms with E-state index < -0.39 is 21.7 Å². The van der Waals surface area contributed by atoms with Gasteiger partial charge in [-0.05, 0) is 47.1 Å². The van der Waals surface area contributed by atoms with E-state index in [1.54, 1.807) is 0 Å². The molecule has 0 aromatic heterocycles. The van der Waals surface area contributed by atoms with Gasteiger partial charge in [-0.25, -0.2) is 8.42 Å². The number of carboxylic acid groups (broad SMARTS) is 1. The van der Waals surface area contributed by atoms with Crippen molar-refractivity contribution >= 4 is 16.0 Å². The van der Waals surface area contributed by atoms with Crippen LogP contribution >= 0.6 is 0 Å². The minimum atomic E-state index is -3.75. The van der Waals surface area contributed by atoms with Gasteiger partial charge in [-0.15, -0.1) is 0 Å². The van der Waals surface area contributed by atoms with Crippen LogP contribution in [0.3, 0.4) is 0 Å². The Morgan fingerprint density at radius 2 is 1.80 bits per heavy atom. The zero-order chi connectivity index (χ0) is 15.3. The van der Waals surface area contributed by atoms with Crippen molar-refractivity contribution in [3.8, 4) is 0 Å². The van der Waals surface area contributed by atoms with Crippen LogP contribution in [-0.4, -0.2) is 92.7 Å². The summed E-state index contributed by atoms with van der Waals surface area (Å²) in [7, 11) is 2.00. The van der Waals surface area contributed by atoms with Gasteiger partial charge < -0.3 is 14.9 Å². The molecule has 1 saturated heterocycles. The van der Waals surface area contributed by atoms with Gasteiger partial charge >= 0.3 is 5.97 Å². The quantitative estimate of drug-likeness (QED) is 0.674. The van der Waals surface area contributed by atoms with Crippen molar-refractivity contribution in [2.24, 2.45) is 0 Å². The number of likely N-dealkylation sites (tertiary alicyclic amines) is 1. The normalized spacial score (nSPS) is 18.9. The van der Waals surface area contributed by atoms with E-state index in [1.165, 1.54) is 4.31 Å². The molecule has 0 spiro atoms. The van der Waals surface area contributed by atoms with Crippen molar-refractivity contribution < 1.29 is 18.3 Å². The number of carboxylic acids is 1. The summed E-state index contributed by atoms with van der Waals surface area (Å²) in [6, 6.07) is -0.0875. The van der Waals surface area contributed by atoms with Gasteiger partial charge in [0.1, 0.15) is 0 Å². The van der Waals surface area contributed by atoms with Gasteiger partial charge in [0.2, 0.25) is 10.0 Å². The molecule has 7 nitrogen and oxygen atoms in total. The van der Waals surface area contributed by atoms with Crippen LogP contribution in [0.5, 0.6) is 0 Å². The van der Waals surface area contributed by atoms with Gasteiger partial charge in [0.15, 0.2) is 5.75 Å². The molecule has 0 atom stereocenters. The summed E-state index contributed by atoms with van der Waals surface area (Å²) < 4.78 is 25.9. The number of hydrogen-bond donors (Lipinski definition) is 1. The molecule has 0 aromatic carbocycles. The van der Waals surface area contributed by atoms with Crippen molar-refractivity contribution in [3.63, 3.8) is 0 Å². The molecule has 1 fully saturated rings. The summed E-state index contributed by atoms with van der Waals surface area (Å²) in [5.74, 6) is -2.12. The second kappa shape index (κ2) is 7.35. The minimum absolute atomic E-state index is 0.0875. The standard InChI is InChI=1S/C12H25N3O4S/c1-13(2)8-9-15(20(18,19)10-12(16)17)11-4-6-14(3)7-5-11/h11H,4-10H2,1-3H3,(H,16,17). The van der Waals surface area contributed by atoms with E-state index in [1.807, 2.05) is 26.0 Å². The third-order valence-corrected chi connectivity index (χ3v) is 5.33. The first-order chi connectivity index (χ1) is 9.22. The number of sulfonamides is 1. The van der Waals surface area contributed by atoms with Crippen molar-refractivity contribution in [1.29, 1.82) is 0 Å². The van der Waals surface area contributed by atoms with Gasteiger partial charge in [0, 0.05) is 19.1 Å². The third kappa shape index (κ3) is 5.35. The second-order valence-corrected chi connectivity index (χ2v) is 7.52. The molecule has 1 aliphatic heterocycles. The highest BCUT2D eigenvalue weighted by molar-refractivity contribution is 7.89. The highest BCUT2D eigenvalue weighted by atomic mass is 32.2. The molecule has 0 radical (unpaired) electrons. The number of aliphatic carboxylic acids is 1. The predicted molar refractivity (Wildman–Crippen MR) is 77.2 cm³/mol. The lowest BCUT2D eigenvalue weighted by molar-refractivity contribution is -0.134. The molecule has 0 aromatic rings. The monoisotopic (exact) mass is 307 g/mol. The van der Waals surface area contributed by atoms with Crippen molar-refractivity contribution in [2.45, 2.75) is 18.9 Å². The fourth-order valence-electron chi connectivity index (χ4n) is 2.37. The fourth-order valence-corrected chi connectivity index (χ4v) is 3.87. The van der Waals surface area contributed by atoms with Crippen LogP contribution in [0.4, 0.5) is 0 Å². The van der Waals surface area contributed by atoms with Crippen LogP contribution in [0.15, 0.2) is 0 Å². The molecule has 1 aliphatic rings. The lowest BCUT2D eigenvalue weighted by Gasteiger charge is -2.36. The van der Waals surface area contributed by atoms with Gasteiger partial charge in [-0.1, -0.05) is 0 Å². The second-order valence-electron chi connectivity index (χ2n) is 5.60. The van der Waals surface area contributed by atoms with E-state index >= 15 is 0 Å². The topological polar surface area (TPSA) is 81.2 Å². The van der Waals surface area contributed by atoms with E-state index in [0.717, 1.165) is 25.9 Å². The number of carbonyl (C=O) groups is 1. The lowest BCUT2D eigenvalue weighted by atomic mass is 10.1. The average Bonchev–Trinajstić information content (AvgIpc) is 2.29. The molecule has 118 valence electrons. The predicted octanol–water partition coefficient (Wildman–Crippen LogP) is -0.641. The summed E-state index contributed by atoms with van der Waals surface area (Å²) >= 11 is 0. The third-order valence-electron chi connectivity index (χ3n) is 3.53. The molecule has 1 N–H and O–H groups in total. The van der Waals surface area contributed by atoms with Crippen LogP contribution in [-0.2, 0) is 14.8 Å². The SMILES string of the molecule is CN(C)CCN(C1CCN(C)CC1)S(=O)(=O)CC(=O)O. The Morgan fingerprint density at radius 1 is 1.25 bits per heavy atom. The van der Waals surface area contributed by atoms with Crippen LogP contribution < -0.4 is 0 Å². The van der Waals surface area contributed by atoms with Gasteiger partial charge in [0.05, 0.1) is 0 Å². The van der Waals surface area contributed by atoms with Crippen LogP contribution in [0.25, 0.3) is 0 Å². The molecular formula is C12H25N3O4S. The first-order valence-electron chi connectivity index (χ1n) is 6.77. The van der Waals surface area contributed by atoms with Crippen LogP contribution in [0.1, 0.15) is 12.8 Å². The molecule has 0 aliphatic carbocycles. The first-order valence-corrected chi connectivity index (χ1v) is 8.38. The van der Waals surface area contributed by atoms with Crippen molar-refractivity contribution in [3.05, 3.63) is 0 Å². The number of hydrogen-bond acceptors (Lipinski definition) is 5. The Bertz CT molecular complexity index is 416. The maximum absolute atomic E-state index is 12.2. The number of likely N-dealkylation sites (N-methyl/N-ethyl adjacent to an activating group) is 1. The molecule has 0 bridgehead atoms. The lowest BCUT2D eigenvalue weighted by Crippen LogP contribution is -2.49. The first kappa shape index (κ1) is 17.4. The van der Waals surface area contributed by atoms with Crippen molar-refractivity contribution in [1.82, 2.24) is 14.1 Å². The zero-order valence-electron chi connectivity index (χ0n) is 12.4. The van der Waals surface area contributed by atoms with Crippen molar-refractivity contribution in [2.75, 3.05) is 53.1 Å². The highest BCUT2D eigenvalue weighted by Crippen LogP contribution is 2.19. The van der Waals surface area contributed by atoms with E-state index in [0.29, 0.717) is 13.1 Å². The molecule has 20 heavy (non-hydrogen) atoms. The van der Waals surface area contributed by atoms with Crippen LogP contribution in [0.2, 0.25) is 0 Å². The molecule has 8 heteroatoms. The zero-order valence-corrected chi connectivity index (χ0v) is 13.3. The Hall–Kier alpha value is -0.700. The number of piperidine rings is 1. The van der Waals surface area contributed by atoms with Gasteiger partial charge in [-0.2, -0.15) is 4.31 Å². The maximum Gasteiger partial charge on any atom is 0.320 e. The molecule has 0 saturated carbocycles. The molecule has 1 heterocycles. The summed E-state index contributed by atoms with van der Waals surface area (Å²) in [5, 5.41) is 8.79. The van der Waals surface area contributed by atoms with Crippen LogP contribution in [0, 0.1) is 0 Å². The number of rotatable bonds is 7. The Labute approximate surface area is 121 Å². The van der Waals surface area contributed by atoms with Gasteiger partial charge in [-0.3, -0.25) is 4.79 Å². The minimum Gasteiger partial charge on any atom is -0.480 e. The fraction of sp³-hybridized carbons (Fsp3) is 0.917. The summed E-state index contributed by atoms with van der Waals surface area (Å²) in [6.45, 7) is 2.61. The van der Waals surface area contributed by atoms with Gasteiger partial charge in [0.25, 0.3) is 0 Å². The highest BCUT2D eigenvalue weighted by Gasteiger charge is 2.33.